The van der Waals surface area contributed by atoms with Crippen molar-refractivity contribution in [3.05, 3.63) is 35.9 Å². The molecule has 0 aliphatic rings. The van der Waals surface area contributed by atoms with Gasteiger partial charge in [-0.25, -0.2) is 4.79 Å². The van der Waals surface area contributed by atoms with Crippen LogP contribution in [0, 0.1) is 0 Å². The van der Waals surface area contributed by atoms with E-state index >= 15 is 0 Å². The Morgan fingerprint density at radius 2 is 1.73 bits per heavy atom. The van der Waals surface area contributed by atoms with Crippen LogP contribution in [0.4, 0.5) is 0 Å². The highest BCUT2D eigenvalue weighted by Gasteiger charge is 2.01. The summed E-state index contributed by atoms with van der Waals surface area (Å²) in [6.45, 7) is 1.19. The molecule has 0 radical (unpaired) electrons. The Balaban J connectivity index is 0.000000423. The van der Waals surface area contributed by atoms with Gasteiger partial charge in [0.2, 0.25) is 0 Å². The molecule has 0 atom stereocenters. The van der Waals surface area contributed by atoms with Gasteiger partial charge in [-0.3, -0.25) is 0 Å². The van der Waals surface area contributed by atoms with Gasteiger partial charge in [0.05, 0.1) is 6.42 Å². The summed E-state index contributed by atoms with van der Waals surface area (Å²) in [4.78, 5) is 14.0. The van der Waals surface area contributed by atoms with Crippen LogP contribution in [0.1, 0.15) is 5.56 Å². The Morgan fingerprint density at radius 3 is 2.13 bits per heavy atom. The van der Waals surface area contributed by atoms with Gasteiger partial charge < -0.3 is 16.4 Å². The Bertz CT molecular complexity index is 263. The van der Waals surface area contributed by atoms with E-state index in [1.807, 2.05) is 18.2 Å². The first kappa shape index (κ1) is 13.6. The van der Waals surface area contributed by atoms with E-state index in [0.29, 0.717) is 13.1 Å². The molecule has 5 nitrogen and oxygen atoms in total. The zero-order chi connectivity index (χ0) is 11.5. The van der Waals surface area contributed by atoms with E-state index in [1.165, 1.54) is 0 Å². The quantitative estimate of drug-likeness (QED) is 0.489. The molecule has 15 heavy (non-hydrogen) atoms. The van der Waals surface area contributed by atoms with Crippen LogP contribution in [0.15, 0.2) is 30.3 Å². The molecule has 0 aliphatic carbocycles. The van der Waals surface area contributed by atoms with E-state index in [9.17, 15) is 4.79 Å². The Morgan fingerprint density at radius 1 is 1.20 bits per heavy atom. The number of hydrogen-bond acceptors (Lipinski definition) is 5. The molecule has 0 aliphatic heterocycles. The second-order valence-electron chi connectivity index (χ2n) is 2.70. The van der Waals surface area contributed by atoms with Crippen molar-refractivity contribution in [3.63, 3.8) is 0 Å². The minimum atomic E-state index is -0.642. The number of carbonyl (C=O) groups is 1. The third-order valence-corrected chi connectivity index (χ3v) is 1.46. The van der Waals surface area contributed by atoms with Crippen molar-refractivity contribution >= 4 is 5.97 Å². The number of benzene rings is 1. The lowest BCUT2D eigenvalue weighted by Gasteiger charge is -1.95. The van der Waals surface area contributed by atoms with Crippen LogP contribution in [-0.4, -0.2) is 24.3 Å². The maximum Gasteiger partial charge on any atom is 0.346 e. The van der Waals surface area contributed by atoms with Crippen LogP contribution in [0.3, 0.4) is 0 Å². The van der Waals surface area contributed by atoms with Gasteiger partial charge in [-0.05, 0) is 5.56 Å². The highest BCUT2D eigenvalue weighted by molar-refractivity contribution is 5.71. The fraction of sp³-hybridized carbons (Fsp3) is 0.300. The van der Waals surface area contributed by atoms with Gasteiger partial charge in [0.15, 0.2) is 0 Å². The molecule has 0 fully saturated rings. The zero-order valence-corrected chi connectivity index (χ0v) is 8.43. The molecule has 0 unspecified atom stereocenters. The van der Waals surface area contributed by atoms with Gasteiger partial charge in [0.25, 0.3) is 0 Å². The number of rotatable bonds is 3. The van der Waals surface area contributed by atoms with Crippen LogP contribution >= 0.6 is 0 Å². The molecule has 0 bridgehead atoms. The number of nitrogens with two attached hydrogens (primary N) is 2. The lowest BCUT2D eigenvalue weighted by Crippen LogP contribution is -2.11. The summed E-state index contributed by atoms with van der Waals surface area (Å²) in [6, 6.07) is 9.07. The molecule has 1 aromatic rings. The fourth-order valence-corrected chi connectivity index (χ4v) is 0.795. The van der Waals surface area contributed by atoms with Crippen molar-refractivity contribution in [1.82, 2.24) is 0 Å². The molecular weight excluding hydrogens is 196 g/mol. The summed E-state index contributed by atoms with van der Waals surface area (Å²) in [5, 5.41) is 7.95. The van der Waals surface area contributed by atoms with E-state index < -0.39 is 5.97 Å². The highest BCUT2D eigenvalue weighted by atomic mass is 17.1. The van der Waals surface area contributed by atoms with Crippen molar-refractivity contribution in [2.45, 2.75) is 6.42 Å². The van der Waals surface area contributed by atoms with E-state index in [4.69, 9.17) is 16.7 Å². The van der Waals surface area contributed by atoms with Crippen LogP contribution in [0.5, 0.6) is 0 Å². The predicted molar refractivity (Wildman–Crippen MR) is 57.0 cm³/mol. The molecular formula is C10H16N2O3. The molecule has 0 saturated heterocycles. The van der Waals surface area contributed by atoms with Crippen molar-refractivity contribution in [3.8, 4) is 0 Å². The van der Waals surface area contributed by atoms with Gasteiger partial charge in [-0.2, -0.15) is 5.26 Å². The number of carbonyl (C=O) groups excluding carboxylic acids is 1. The van der Waals surface area contributed by atoms with Gasteiger partial charge in [0, 0.05) is 13.1 Å². The fourth-order valence-electron chi connectivity index (χ4n) is 0.795. The maximum atomic E-state index is 10.5. The van der Waals surface area contributed by atoms with E-state index in [-0.39, 0.29) is 6.42 Å². The minimum absolute atomic E-state index is 0.108. The summed E-state index contributed by atoms with van der Waals surface area (Å²) < 4.78 is 0. The van der Waals surface area contributed by atoms with Gasteiger partial charge >= 0.3 is 5.97 Å². The third-order valence-electron chi connectivity index (χ3n) is 1.46. The molecule has 1 rings (SSSR count). The van der Waals surface area contributed by atoms with E-state index in [2.05, 4.69) is 4.89 Å². The minimum Gasteiger partial charge on any atom is -0.329 e. The summed E-state index contributed by atoms with van der Waals surface area (Å²) in [6.07, 6.45) is 0.108. The molecule has 1 aromatic carbocycles. The van der Waals surface area contributed by atoms with Crippen LogP contribution in [-0.2, 0) is 16.1 Å². The second kappa shape index (κ2) is 9.14. The van der Waals surface area contributed by atoms with Crippen LogP contribution in [0.25, 0.3) is 0 Å². The van der Waals surface area contributed by atoms with E-state index in [0.717, 1.165) is 5.56 Å². The summed E-state index contributed by atoms with van der Waals surface area (Å²) in [7, 11) is 0. The lowest BCUT2D eigenvalue weighted by atomic mass is 10.2. The molecule has 0 spiro atoms. The first-order valence-electron chi connectivity index (χ1n) is 4.53. The largest absolute Gasteiger partial charge is 0.346 e. The normalized spacial score (nSPS) is 8.73. The van der Waals surface area contributed by atoms with Crippen LogP contribution < -0.4 is 11.5 Å². The SMILES string of the molecule is NCCN.O=C(Cc1ccccc1)OO. The van der Waals surface area contributed by atoms with Gasteiger partial charge in [-0.15, -0.1) is 0 Å². The van der Waals surface area contributed by atoms with Crippen molar-refractivity contribution in [2.24, 2.45) is 11.5 Å². The molecule has 0 aromatic heterocycles. The highest BCUT2D eigenvalue weighted by Crippen LogP contribution is 1.99. The maximum absolute atomic E-state index is 10.5. The Hall–Kier alpha value is -1.43. The molecule has 5 heteroatoms. The zero-order valence-electron chi connectivity index (χ0n) is 8.43. The smallest absolute Gasteiger partial charge is 0.329 e. The van der Waals surface area contributed by atoms with Gasteiger partial charge in [0.1, 0.15) is 0 Å². The Labute approximate surface area is 88.6 Å². The average Bonchev–Trinajstić information content (AvgIpc) is 2.30. The summed E-state index contributed by atoms with van der Waals surface area (Å²) in [5.74, 6) is -0.642. The monoisotopic (exact) mass is 212 g/mol. The summed E-state index contributed by atoms with van der Waals surface area (Å²) >= 11 is 0. The molecule has 5 N–H and O–H groups in total. The first-order chi connectivity index (χ1) is 7.24. The first-order valence-corrected chi connectivity index (χ1v) is 4.53. The molecule has 84 valence electrons. The van der Waals surface area contributed by atoms with Crippen molar-refractivity contribution < 1.29 is 14.9 Å². The predicted octanol–water partition coefficient (Wildman–Crippen LogP) is 0.149. The third kappa shape index (κ3) is 7.63. The van der Waals surface area contributed by atoms with Gasteiger partial charge in [-0.1, -0.05) is 30.3 Å². The van der Waals surface area contributed by atoms with Crippen molar-refractivity contribution in [2.75, 3.05) is 13.1 Å². The number of hydrogen-bond donors (Lipinski definition) is 3. The standard InChI is InChI=1S/C8H8O3.C2H8N2/c9-8(11-10)6-7-4-2-1-3-5-7;3-1-2-4/h1-5,10H,6H2;1-4H2. The average molecular weight is 212 g/mol. The summed E-state index contributed by atoms with van der Waals surface area (Å²) in [5.41, 5.74) is 10.6. The van der Waals surface area contributed by atoms with Crippen molar-refractivity contribution in [1.29, 1.82) is 0 Å². The van der Waals surface area contributed by atoms with E-state index in [1.54, 1.807) is 12.1 Å². The molecule has 0 heterocycles. The molecule has 0 amide bonds. The topological polar surface area (TPSA) is 98.6 Å². The van der Waals surface area contributed by atoms with Crippen LogP contribution in [0.2, 0.25) is 0 Å². The second-order valence-corrected chi connectivity index (χ2v) is 2.70. The Kier molecular flexibility index (Phi) is 8.27. The lowest BCUT2D eigenvalue weighted by molar-refractivity contribution is -0.233. The molecule has 0 saturated carbocycles.